The molecule has 2 aromatic rings. The Labute approximate surface area is 128 Å². The van der Waals surface area contributed by atoms with Crippen LogP contribution in [0.25, 0.3) is 10.8 Å². The predicted molar refractivity (Wildman–Crippen MR) is 87.8 cm³/mol. The molecule has 1 heterocycles. The second-order valence-corrected chi connectivity index (χ2v) is 4.17. The van der Waals surface area contributed by atoms with Crippen molar-refractivity contribution in [1.82, 2.24) is 0 Å². The highest BCUT2D eigenvalue weighted by Gasteiger charge is 2.10. The number of halogens is 1. The number of Topliss-reactive ketones (excluding diaryl/α,β-unsaturated/α-hetero) is 1. The number of carbonyl (C=O) groups excluding carboxylic acids is 1. The lowest BCUT2D eigenvalue weighted by atomic mass is 9.99. The fraction of sp³-hybridized carbons (Fsp3) is 0.333. The average Bonchev–Trinajstić information content (AvgIpc) is 2.51. The van der Waals surface area contributed by atoms with E-state index in [2.05, 4.69) is 15.9 Å². The zero-order chi connectivity index (χ0) is 15.7. The third-order valence-electron chi connectivity index (χ3n) is 2.18. The molecule has 2 rings (SSSR count). The molecule has 0 aliphatic rings. The lowest BCUT2D eigenvalue weighted by molar-refractivity contribution is 0.0984. The zero-order valence-electron chi connectivity index (χ0n) is 12.2. The molecule has 0 bridgehead atoms. The Morgan fingerprint density at radius 2 is 1.80 bits per heavy atom. The van der Waals surface area contributed by atoms with E-state index in [9.17, 15) is 9.59 Å². The first-order valence-electron chi connectivity index (χ1n) is 6.58. The maximum Gasteiger partial charge on any atom is 0.344 e. The van der Waals surface area contributed by atoms with Gasteiger partial charge in [0.1, 0.15) is 0 Å². The number of hydrogen-bond acceptors (Lipinski definition) is 3. The van der Waals surface area contributed by atoms with Gasteiger partial charge in [-0.3, -0.25) is 4.79 Å². The van der Waals surface area contributed by atoms with Crippen molar-refractivity contribution in [1.29, 1.82) is 0 Å². The van der Waals surface area contributed by atoms with Crippen LogP contribution in [0.15, 0.2) is 37.9 Å². The molecule has 0 unspecified atom stereocenters. The quantitative estimate of drug-likeness (QED) is 0.604. The summed E-state index contributed by atoms with van der Waals surface area (Å²) in [6.07, 6.45) is -0.176. The van der Waals surface area contributed by atoms with Crippen molar-refractivity contribution in [2.75, 3.05) is 0 Å². The van der Waals surface area contributed by atoms with Crippen LogP contribution in [0, 0.1) is 0 Å². The van der Waals surface area contributed by atoms with Gasteiger partial charge in [0.15, 0.2) is 11.5 Å². The van der Waals surface area contributed by atoms with Crippen LogP contribution in [0.5, 0.6) is 0 Å². The van der Waals surface area contributed by atoms with E-state index < -0.39 is 5.63 Å². The van der Waals surface area contributed by atoms with Crippen molar-refractivity contribution in [3.8, 4) is 0 Å². The molecule has 5 heteroatoms. The third kappa shape index (κ3) is 4.64. The van der Waals surface area contributed by atoms with Gasteiger partial charge in [0.05, 0.1) is 13.2 Å². The number of fused-ring (bicyclic) bond motifs is 1. The highest BCUT2D eigenvalue weighted by Crippen LogP contribution is 2.18. The minimum atomic E-state index is -0.532. The fourth-order valence-electron chi connectivity index (χ4n) is 1.39. The minimum Gasteiger partial charge on any atom is -0.419 e. The Morgan fingerprint density at radius 3 is 2.35 bits per heavy atom. The molecule has 106 valence electrons. The number of ketones is 1. The number of benzene rings is 1. The molecule has 3 nitrogen and oxygen atoms in total. The monoisotopic (exact) mass is 336 g/mol. The first-order chi connectivity index (χ1) is 9.61. The summed E-state index contributed by atoms with van der Waals surface area (Å²) in [7, 11) is 5.20. The molecule has 0 N–H and O–H groups in total. The van der Waals surface area contributed by atoms with E-state index in [1.807, 2.05) is 27.7 Å². The van der Waals surface area contributed by atoms with E-state index in [4.69, 9.17) is 12.3 Å². The molecule has 0 spiro atoms. The van der Waals surface area contributed by atoms with Crippen molar-refractivity contribution in [2.45, 2.75) is 34.0 Å². The summed E-state index contributed by atoms with van der Waals surface area (Å²) in [4.78, 5) is 22.9. The Bertz CT molecular complexity index is 620. The normalized spacial score (nSPS) is 9.05. The van der Waals surface area contributed by atoms with Crippen LogP contribution < -0.4 is 5.63 Å². The van der Waals surface area contributed by atoms with Crippen molar-refractivity contribution >= 4 is 40.3 Å². The smallest absolute Gasteiger partial charge is 0.344 e. The minimum absolute atomic E-state index is 0.00215. The first-order valence-corrected chi connectivity index (χ1v) is 7.38. The Balaban J connectivity index is 0.000000829. The summed E-state index contributed by atoms with van der Waals surface area (Å²) in [5, 5.41) is 1.10. The van der Waals surface area contributed by atoms with Gasteiger partial charge in [-0.15, -0.1) is 0 Å². The van der Waals surface area contributed by atoms with Crippen LogP contribution in [-0.2, 0) is 0 Å². The van der Waals surface area contributed by atoms with E-state index in [0.29, 0.717) is 10.8 Å². The van der Waals surface area contributed by atoms with Gasteiger partial charge >= 0.3 is 5.63 Å². The van der Waals surface area contributed by atoms with Crippen LogP contribution in [0.1, 0.15) is 38.2 Å². The predicted octanol–water partition coefficient (Wildman–Crippen LogP) is 4.38. The molecule has 0 amide bonds. The topological polar surface area (TPSA) is 47.3 Å². The molecular weight excluding hydrogens is 319 g/mol. The largest absolute Gasteiger partial charge is 0.419 e. The van der Waals surface area contributed by atoms with Gasteiger partial charge in [-0.05, 0) is 29.9 Å². The maximum atomic E-state index is 11.6. The third-order valence-corrected chi connectivity index (χ3v) is 2.68. The summed E-state index contributed by atoms with van der Waals surface area (Å²) in [5.41, 5.74) is -0.532. The molecule has 1 aromatic heterocycles. The van der Waals surface area contributed by atoms with Gasteiger partial charge in [-0.2, -0.15) is 0 Å². The van der Waals surface area contributed by atoms with Crippen LogP contribution in [0.3, 0.4) is 0 Å². The molecule has 20 heavy (non-hydrogen) atoms. The molecule has 0 saturated carbocycles. The van der Waals surface area contributed by atoms with Crippen molar-refractivity contribution in [2.24, 2.45) is 0 Å². The summed E-state index contributed by atoms with van der Waals surface area (Å²) < 4.78 is 5.67. The Kier molecular flexibility index (Phi) is 8.89. The molecule has 0 atom stereocenters. The van der Waals surface area contributed by atoms with Crippen LogP contribution in [0.4, 0.5) is 0 Å². The van der Waals surface area contributed by atoms with Crippen LogP contribution in [0.2, 0.25) is 6.32 Å². The average molecular weight is 337 g/mol. The van der Waals surface area contributed by atoms with Gasteiger partial charge in [0, 0.05) is 4.47 Å². The summed E-state index contributed by atoms with van der Waals surface area (Å²) in [6, 6.07) is 6.71. The van der Waals surface area contributed by atoms with E-state index >= 15 is 0 Å². The second-order valence-electron chi connectivity index (χ2n) is 3.26. The number of rotatable bonds is 2. The first kappa shape index (κ1) is 18.6. The standard InChI is InChI=1S/C11H6BBrO3.2C2H6/c12-5-9(14)10-3-6-1-2-7(13)4-8(6)11(15)16-10;2*1-2/h1-4H,5H2;2*1-2H3. The lowest BCUT2D eigenvalue weighted by Gasteiger charge is -2.00. The van der Waals surface area contributed by atoms with E-state index in [1.165, 1.54) is 6.07 Å². The van der Waals surface area contributed by atoms with E-state index in [-0.39, 0.29) is 17.9 Å². The molecule has 0 aliphatic carbocycles. The molecule has 1 aromatic carbocycles. The Hall–Kier alpha value is -1.36. The van der Waals surface area contributed by atoms with Crippen molar-refractivity contribution in [3.63, 3.8) is 0 Å². The molecule has 0 aliphatic heterocycles. The van der Waals surface area contributed by atoms with E-state index in [0.717, 1.165) is 4.47 Å². The van der Waals surface area contributed by atoms with Gasteiger partial charge in [-0.25, -0.2) is 4.79 Å². The molecule has 0 fully saturated rings. The fourth-order valence-corrected chi connectivity index (χ4v) is 1.76. The Morgan fingerprint density at radius 1 is 1.20 bits per heavy atom. The maximum absolute atomic E-state index is 11.6. The van der Waals surface area contributed by atoms with Gasteiger partial charge in [0.2, 0.25) is 0 Å². The zero-order valence-corrected chi connectivity index (χ0v) is 13.8. The van der Waals surface area contributed by atoms with Gasteiger partial charge in [0.25, 0.3) is 0 Å². The molecular formula is C15H18BBrO3. The highest BCUT2D eigenvalue weighted by molar-refractivity contribution is 9.10. The summed E-state index contributed by atoms with van der Waals surface area (Å²) >= 11 is 3.26. The van der Waals surface area contributed by atoms with Crippen molar-refractivity contribution in [3.05, 3.63) is 44.9 Å². The van der Waals surface area contributed by atoms with Gasteiger partial charge in [-0.1, -0.05) is 49.7 Å². The molecule has 0 saturated heterocycles. The summed E-state index contributed by atoms with van der Waals surface area (Å²) in [6.45, 7) is 8.00. The summed E-state index contributed by atoms with van der Waals surface area (Å²) in [5.74, 6) is -0.385. The van der Waals surface area contributed by atoms with E-state index in [1.54, 1.807) is 18.2 Å². The van der Waals surface area contributed by atoms with Crippen molar-refractivity contribution < 1.29 is 9.21 Å². The number of hydrogen-bond donors (Lipinski definition) is 0. The van der Waals surface area contributed by atoms with Gasteiger partial charge < -0.3 is 4.42 Å². The second kappa shape index (κ2) is 9.53. The van der Waals surface area contributed by atoms with Crippen LogP contribution >= 0.6 is 15.9 Å². The van der Waals surface area contributed by atoms with Crippen LogP contribution in [-0.4, -0.2) is 13.6 Å². The highest BCUT2D eigenvalue weighted by atomic mass is 79.9. The SMILES string of the molecule is CC.CC.[B]CC(=O)c1cc2ccc(Br)cc2c(=O)o1. The number of carbonyl (C=O) groups is 1. The molecule has 2 radical (unpaired) electrons. The lowest BCUT2D eigenvalue weighted by Crippen LogP contribution is -2.06.